The molecule has 266 valence electrons. The summed E-state index contributed by atoms with van der Waals surface area (Å²) in [5.41, 5.74) is -0.0701. The van der Waals surface area contributed by atoms with Gasteiger partial charge < -0.3 is 25.0 Å². The number of rotatable bonds is 18. The molecule has 9 nitrogen and oxygen atoms in total. The summed E-state index contributed by atoms with van der Waals surface area (Å²) < 4.78 is 11.3. The highest BCUT2D eigenvalue weighted by Crippen LogP contribution is 2.25. The van der Waals surface area contributed by atoms with Crippen LogP contribution in [0.15, 0.2) is 60.7 Å². The molecular weight excluding hydrogens is 627 g/mol. The molecule has 0 fully saturated rings. The van der Waals surface area contributed by atoms with Crippen molar-refractivity contribution in [3.8, 4) is 0 Å². The van der Waals surface area contributed by atoms with E-state index < -0.39 is 47.3 Å². The number of nitrogens with zero attached hydrogens (tertiary/aromatic N) is 1. The molecule has 2 aromatic carbocycles. The number of alkyl carbamates (subject to hydrolysis) is 1. The number of amides is 3. The molecule has 3 atom stereocenters. The van der Waals surface area contributed by atoms with Crippen LogP contribution >= 0.6 is 11.8 Å². The Hall–Kier alpha value is -3.53. The first-order valence-electron chi connectivity index (χ1n) is 17.1. The maximum absolute atomic E-state index is 14.6. The Morgan fingerprint density at radius 1 is 0.771 bits per heavy atom. The lowest BCUT2D eigenvalue weighted by molar-refractivity contribution is -0.159. The molecule has 2 aromatic rings. The predicted octanol–water partition coefficient (Wildman–Crippen LogP) is 7.24. The molecule has 2 N–H and O–H groups in total. The Balaban J connectivity index is 2.57. The smallest absolute Gasteiger partial charge is 0.408 e. The number of unbranched alkanes of at least 4 members (excludes halogenated alkanes) is 4. The van der Waals surface area contributed by atoms with Gasteiger partial charge in [0.15, 0.2) is 0 Å². The van der Waals surface area contributed by atoms with Crippen molar-refractivity contribution >= 4 is 35.6 Å². The molecule has 2 rings (SSSR count). The Labute approximate surface area is 292 Å². The first kappa shape index (κ1) is 40.6. The maximum atomic E-state index is 14.6. The summed E-state index contributed by atoms with van der Waals surface area (Å²) in [4.78, 5) is 57.1. The molecule has 48 heavy (non-hydrogen) atoms. The second-order valence-electron chi connectivity index (χ2n) is 14.0. The average molecular weight is 684 g/mol. The van der Waals surface area contributed by atoms with Gasteiger partial charge in [0.05, 0.1) is 0 Å². The number of ether oxygens (including phenoxy) is 2. The van der Waals surface area contributed by atoms with Crippen LogP contribution in [0.3, 0.4) is 0 Å². The quantitative estimate of drug-likeness (QED) is 0.126. The molecule has 3 amide bonds. The standard InChI is InChI=1S/C38H57N3O6S/c1-9-10-11-12-19-25-41(34(43)30(24-26-48-8)40-36(45)47-38(5,6)7)32(29-22-17-14-18-23-29)33(42)39-31(35(44)46-37(2,3)4)27-28-20-15-13-16-21-28/h13-18,20-23,30-32H,9-12,19,24-27H2,1-8H3,(H,39,42)(H,40,45). The SMILES string of the molecule is CCCCCCCN(C(=O)C(CCSC)NC(=O)OC(C)(C)C)C(C(=O)NC(Cc1ccccc1)C(=O)OC(C)(C)C)c1ccccc1. The van der Waals surface area contributed by atoms with E-state index >= 15 is 0 Å². The van der Waals surface area contributed by atoms with E-state index in [0.29, 0.717) is 24.2 Å². The van der Waals surface area contributed by atoms with Crippen molar-refractivity contribution in [1.29, 1.82) is 0 Å². The lowest BCUT2D eigenvalue weighted by Crippen LogP contribution is -2.55. The Kier molecular flexibility index (Phi) is 17.0. The number of nitrogens with one attached hydrogen (secondary N) is 2. The van der Waals surface area contributed by atoms with E-state index in [0.717, 1.165) is 31.2 Å². The normalized spacial score (nSPS) is 13.5. The highest BCUT2D eigenvalue weighted by atomic mass is 32.2. The van der Waals surface area contributed by atoms with Crippen molar-refractivity contribution < 1.29 is 28.7 Å². The van der Waals surface area contributed by atoms with E-state index in [1.54, 1.807) is 70.3 Å². The van der Waals surface area contributed by atoms with Gasteiger partial charge in [-0.25, -0.2) is 9.59 Å². The maximum Gasteiger partial charge on any atom is 0.408 e. The van der Waals surface area contributed by atoms with Gasteiger partial charge in [0.2, 0.25) is 11.8 Å². The van der Waals surface area contributed by atoms with Crippen LogP contribution in [-0.2, 0) is 30.3 Å². The number of benzene rings is 2. The number of thioether (sulfide) groups is 1. The summed E-state index contributed by atoms with van der Waals surface area (Å²) in [6.07, 6.45) is 6.50. The van der Waals surface area contributed by atoms with Crippen LogP contribution in [-0.4, -0.2) is 70.6 Å². The second-order valence-corrected chi connectivity index (χ2v) is 15.0. The minimum absolute atomic E-state index is 0.213. The van der Waals surface area contributed by atoms with Crippen molar-refractivity contribution in [1.82, 2.24) is 15.5 Å². The highest BCUT2D eigenvalue weighted by molar-refractivity contribution is 7.98. The molecular formula is C38H57N3O6S. The summed E-state index contributed by atoms with van der Waals surface area (Å²) in [5.74, 6) is -0.841. The fourth-order valence-electron chi connectivity index (χ4n) is 5.17. The van der Waals surface area contributed by atoms with E-state index in [1.165, 1.54) is 0 Å². The van der Waals surface area contributed by atoms with Crippen LogP contribution in [0, 0.1) is 0 Å². The number of hydrogen-bond acceptors (Lipinski definition) is 7. The van der Waals surface area contributed by atoms with Crippen LogP contribution in [0.25, 0.3) is 0 Å². The molecule has 0 saturated carbocycles. The van der Waals surface area contributed by atoms with Crippen molar-refractivity contribution in [2.45, 2.75) is 123 Å². The van der Waals surface area contributed by atoms with Gasteiger partial charge in [-0.05, 0) is 77.5 Å². The van der Waals surface area contributed by atoms with E-state index in [9.17, 15) is 19.2 Å². The molecule has 0 bridgehead atoms. The third-order valence-corrected chi connectivity index (χ3v) is 8.00. The summed E-state index contributed by atoms with van der Waals surface area (Å²) in [7, 11) is 0. The molecule has 0 aliphatic heterocycles. The average Bonchev–Trinajstić information content (AvgIpc) is 3.01. The van der Waals surface area contributed by atoms with Crippen LogP contribution in [0.4, 0.5) is 4.79 Å². The van der Waals surface area contributed by atoms with Crippen molar-refractivity contribution in [3.05, 3.63) is 71.8 Å². The Morgan fingerprint density at radius 3 is 1.92 bits per heavy atom. The van der Waals surface area contributed by atoms with Gasteiger partial charge in [-0.1, -0.05) is 93.3 Å². The minimum Gasteiger partial charge on any atom is -0.458 e. The molecule has 0 spiro atoms. The first-order chi connectivity index (χ1) is 22.6. The zero-order chi connectivity index (χ0) is 35.7. The van der Waals surface area contributed by atoms with Crippen LogP contribution in [0.2, 0.25) is 0 Å². The molecule has 0 aromatic heterocycles. The van der Waals surface area contributed by atoms with Crippen molar-refractivity contribution in [2.75, 3.05) is 18.6 Å². The van der Waals surface area contributed by atoms with Gasteiger partial charge in [-0.15, -0.1) is 0 Å². The number of esters is 1. The third kappa shape index (κ3) is 15.1. The highest BCUT2D eigenvalue weighted by Gasteiger charge is 2.38. The molecule has 0 aliphatic rings. The van der Waals surface area contributed by atoms with Gasteiger partial charge >= 0.3 is 12.1 Å². The third-order valence-electron chi connectivity index (χ3n) is 7.35. The van der Waals surface area contributed by atoms with Crippen LogP contribution in [0.1, 0.15) is 104 Å². The molecule has 10 heteroatoms. The van der Waals surface area contributed by atoms with E-state index in [2.05, 4.69) is 17.6 Å². The zero-order valence-electron chi connectivity index (χ0n) is 30.2. The predicted molar refractivity (Wildman–Crippen MR) is 194 cm³/mol. The molecule has 0 radical (unpaired) electrons. The molecule has 3 unspecified atom stereocenters. The fourth-order valence-corrected chi connectivity index (χ4v) is 5.64. The van der Waals surface area contributed by atoms with Crippen molar-refractivity contribution in [3.63, 3.8) is 0 Å². The van der Waals surface area contributed by atoms with Gasteiger partial charge in [0, 0.05) is 13.0 Å². The Bertz CT molecular complexity index is 1280. The molecule has 0 heterocycles. The summed E-state index contributed by atoms with van der Waals surface area (Å²) in [5, 5.41) is 5.75. The molecule has 0 saturated heterocycles. The summed E-state index contributed by atoms with van der Waals surface area (Å²) in [6.45, 7) is 13.1. The van der Waals surface area contributed by atoms with E-state index in [4.69, 9.17) is 9.47 Å². The summed E-state index contributed by atoms with van der Waals surface area (Å²) >= 11 is 1.56. The van der Waals surface area contributed by atoms with Crippen molar-refractivity contribution in [2.24, 2.45) is 0 Å². The monoisotopic (exact) mass is 683 g/mol. The van der Waals surface area contributed by atoms with E-state index in [-0.39, 0.29) is 18.9 Å². The zero-order valence-corrected chi connectivity index (χ0v) is 31.0. The second kappa shape index (κ2) is 20.1. The topological polar surface area (TPSA) is 114 Å². The van der Waals surface area contributed by atoms with Gasteiger partial charge in [0.1, 0.15) is 29.3 Å². The first-order valence-corrected chi connectivity index (χ1v) is 18.5. The molecule has 0 aliphatic carbocycles. The lowest BCUT2D eigenvalue weighted by atomic mass is 10.00. The summed E-state index contributed by atoms with van der Waals surface area (Å²) in [6, 6.07) is 15.5. The fraction of sp³-hybridized carbons (Fsp3) is 0.579. The number of carbonyl (C=O) groups excluding carboxylic acids is 4. The van der Waals surface area contributed by atoms with Crippen LogP contribution < -0.4 is 10.6 Å². The Morgan fingerprint density at radius 2 is 1.35 bits per heavy atom. The number of hydrogen-bond donors (Lipinski definition) is 2. The van der Waals surface area contributed by atoms with Gasteiger partial charge in [-0.3, -0.25) is 9.59 Å². The lowest BCUT2D eigenvalue weighted by Gasteiger charge is -2.35. The minimum atomic E-state index is -1.07. The largest absolute Gasteiger partial charge is 0.458 e. The van der Waals surface area contributed by atoms with Gasteiger partial charge in [0.25, 0.3) is 0 Å². The van der Waals surface area contributed by atoms with Crippen LogP contribution in [0.5, 0.6) is 0 Å². The number of carbonyl (C=O) groups is 4. The van der Waals surface area contributed by atoms with Gasteiger partial charge in [-0.2, -0.15) is 11.8 Å². The van der Waals surface area contributed by atoms with E-state index in [1.807, 2.05) is 54.8 Å².